The van der Waals surface area contributed by atoms with Crippen LogP contribution >= 0.6 is 0 Å². The first kappa shape index (κ1) is 19.0. The molecule has 7 heteroatoms. The maximum Gasteiger partial charge on any atom is 0.327 e. The number of nitrogens with one attached hydrogen (secondary N) is 1. The van der Waals surface area contributed by atoms with Crippen LogP contribution in [0.2, 0.25) is 0 Å². The van der Waals surface area contributed by atoms with Crippen LogP contribution in [0.15, 0.2) is 36.4 Å². The van der Waals surface area contributed by atoms with Crippen molar-refractivity contribution in [2.24, 2.45) is 0 Å². The van der Waals surface area contributed by atoms with Gasteiger partial charge in [-0.15, -0.1) is 0 Å². The monoisotopic (exact) mass is 393 g/mol. The van der Waals surface area contributed by atoms with Crippen LogP contribution in [-0.2, 0) is 20.9 Å². The molecule has 0 unspecified atom stereocenters. The third-order valence-electron chi connectivity index (χ3n) is 5.27. The first-order valence-corrected chi connectivity index (χ1v) is 9.61. The van der Waals surface area contributed by atoms with Crippen molar-refractivity contribution >= 4 is 28.5 Å². The van der Waals surface area contributed by atoms with E-state index in [2.05, 4.69) is 10.4 Å². The maximum absolute atomic E-state index is 12.5. The number of hydrogen-bond acceptors (Lipinski definition) is 5. The molecule has 1 amide bonds. The van der Waals surface area contributed by atoms with Crippen LogP contribution in [0.1, 0.15) is 36.1 Å². The Morgan fingerprint density at radius 3 is 2.72 bits per heavy atom. The lowest BCUT2D eigenvalue weighted by Gasteiger charge is -2.25. The van der Waals surface area contributed by atoms with Crippen LogP contribution < -0.4 is 10.1 Å². The van der Waals surface area contributed by atoms with Gasteiger partial charge in [0.05, 0.1) is 19.4 Å². The summed E-state index contributed by atoms with van der Waals surface area (Å²) in [7, 11) is 1.65. The smallest absolute Gasteiger partial charge is 0.327 e. The Labute approximate surface area is 168 Å². The number of aromatic nitrogens is 2. The maximum atomic E-state index is 12.5. The van der Waals surface area contributed by atoms with Gasteiger partial charge in [-0.3, -0.25) is 9.59 Å². The number of aryl methyl sites for hydroxylation is 1. The molecular weight excluding hydrogens is 370 g/mol. The minimum Gasteiger partial charge on any atom is -0.496 e. The molecule has 0 bridgehead atoms. The molecule has 0 saturated carbocycles. The van der Waals surface area contributed by atoms with Gasteiger partial charge in [0.15, 0.2) is 0 Å². The number of anilines is 1. The van der Waals surface area contributed by atoms with Crippen LogP contribution in [0, 0.1) is 6.92 Å². The summed E-state index contributed by atoms with van der Waals surface area (Å²) in [6.07, 6.45) is 0.315. The van der Waals surface area contributed by atoms with Crippen molar-refractivity contribution in [3.8, 4) is 5.75 Å². The second-order valence-corrected chi connectivity index (χ2v) is 7.02. The molecule has 1 aromatic heterocycles. The van der Waals surface area contributed by atoms with Crippen LogP contribution in [-0.4, -0.2) is 35.4 Å². The van der Waals surface area contributed by atoms with E-state index in [0.29, 0.717) is 18.8 Å². The summed E-state index contributed by atoms with van der Waals surface area (Å²) in [6.45, 7) is 3.92. The van der Waals surface area contributed by atoms with E-state index in [1.165, 1.54) is 4.68 Å². The Hall–Kier alpha value is -3.35. The molecule has 1 aliphatic heterocycles. The highest BCUT2D eigenvalue weighted by Gasteiger charge is 2.33. The van der Waals surface area contributed by atoms with Crippen molar-refractivity contribution in [2.45, 2.75) is 32.7 Å². The minimum absolute atomic E-state index is 0.0413. The molecule has 2 aromatic carbocycles. The number of hydrogen-bond donors (Lipinski definition) is 1. The van der Waals surface area contributed by atoms with Gasteiger partial charge in [-0.05, 0) is 30.9 Å². The molecule has 0 radical (unpaired) electrons. The zero-order chi connectivity index (χ0) is 20.5. The predicted molar refractivity (Wildman–Crippen MR) is 109 cm³/mol. The average molecular weight is 393 g/mol. The number of fused-ring (bicyclic) bond motifs is 2. The van der Waals surface area contributed by atoms with Gasteiger partial charge in [-0.25, -0.2) is 4.68 Å². The normalized spacial score (nSPS) is 15.7. The molecular formula is C22H23N3O4. The number of amides is 1. The third-order valence-corrected chi connectivity index (χ3v) is 5.27. The van der Waals surface area contributed by atoms with Crippen molar-refractivity contribution in [1.29, 1.82) is 0 Å². The number of esters is 1. The Kier molecular flexibility index (Phi) is 4.96. The number of methoxy groups -OCH3 is 1. The quantitative estimate of drug-likeness (QED) is 0.672. The summed E-state index contributed by atoms with van der Waals surface area (Å²) in [6, 6.07) is 11.9. The molecule has 7 nitrogen and oxygen atoms in total. The minimum atomic E-state index is -0.385. The van der Waals surface area contributed by atoms with Crippen molar-refractivity contribution in [3.05, 3.63) is 53.2 Å². The lowest BCUT2D eigenvalue weighted by molar-refractivity contribution is -0.144. The molecule has 1 aliphatic rings. The highest BCUT2D eigenvalue weighted by Crippen LogP contribution is 2.43. The van der Waals surface area contributed by atoms with Gasteiger partial charge in [-0.2, -0.15) is 5.10 Å². The fourth-order valence-corrected chi connectivity index (χ4v) is 4.10. The number of rotatable bonds is 5. The van der Waals surface area contributed by atoms with Gasteiger partial charge >= 0.3 is 5.97 Å². The van der Waals surface area contributed by atoms with Crippen LogP contribution in [0.4, 0.5) is 5.82 Å². The van der Waals surface area contributed by atoms with E-state index in [1.54, 1.807) is 14.0 Å². The number of carbonyl (C=O) groups excluding carboxylic acids is 2. The fourth-order valence-electron chi connectivity index (χ4n) is 4.10. The molecule has 2 heterocycles. The number of ether oxygens (including phenoxy) is 2. The Bertz CT molecular complexity index is 1100. The highest BCUT2D eigenvalue weighted by atomic mass is 16.5. The Balaban J connectivity index is 1.85. The molecule has 1 atom stereocenters. The summed E-state index contributed by atoms with van der Waals surface area (Å²) >= 11 is 0. The largest absolute Gasteiger partial charge is 0.496 e. The highest BCUT2D eigenvalue weighted by molar-refractivity contribution is 5.97. The fraction of sp³-hybridized carbons (Fsp3) is 0.318. The molecule has 3 aromatic rings. The predicted octanol–water partition coefficient (Wildman–Crippen LogP) is 3.39. The number of benzene rings is 2. The first-order valence-electron chi connectivity index (χ1n) is 9.61. The Morgan fingerprint density at radius 1 is 1.24 bits per heavy atom. The molecule has 0 aliphatic carbocycles. The summed E-state index contributed by atoms with van der Waals surface area (Å²) in [4.78, 5) is 24.5. The molecule has 1 N–H and O–H groups in total. The average Bonchev–Trinajstić information content (AvgIpc) is 3.01. The second kappa shape index (κ2) is 7.58. The van der Waals surface area contributed by atoms with E-state index in [1.807, 2.05) is 43.3 Å². The van der Waals surface area contributed by atoms with Crippen LogP contribution in [0.5, 0.6) is 5.75 Å². The molecule has 0 spiro atoms. The standard InChI is InChI=1S/C22H23N3O4/c1-4-29-20(27)12-25-22-21(13(2)24-25)17(11-19(26)23-22)15-9-10-18(28-3)16-8-6-5-7-14(15)16/h5-10,17H,4,11-12H2,1-3H3,(H,23,26)/t17-/m1/s1. The van der Waals surface area contributed by atoms with Crippen molar-refractivity contribution in [2.75, 3.05) is 19.0 Å². The number of nitrogens with zero attached hydrogens (tertiary/aromatic N) is 2. The van der Waals surface area contributed by atoms with Crippen molar-refractivity contribution < 1.29 is 19.1 Å². The van der Waals surface area contributed by atoms with E-state index in [0.717, 1.165) is 33.3 Å². The van der Waals surface area contributed by atoms with Crippen molar-refractivity contribution in [3.63, 3.8) is 0 Å². The molecule has 4 rings (SSSR count). The van der Waals surface area contributed by atoms with E-state index in [-0.39, 0.29) is 24.3 Å². The zero-order valence-corrected chi connectivity index (χ0v) is 16.7. The van der Waals surface area contributed by atoms with E-state index >= 15 is 0 Å². The van der Waals surface area contributed by atoms with Gasteiger partial charge in [0.25, 0.3) is 0 Å². The van der Waals surface area contributed by atoms with Gasteiger partial charge < -0.3 is 14.8 Å². The second-order valence-electron chi connectivity index (χ2n) is 7.02. The zero-order valence-electron chi connectivity index (χ0n) is 16.7. The summed E-state index contributed by atoms with van der Waals surface area (Å²) < 4.78 is 12.1. The lowest BCUT2D eigenvalue weighted by atomic mass is 9.83. The lowest BCUT2D eigenvalue weighted by Crippen LogP contribution is -2.26. The molecule has 29 heavy (non-hydrogen) atoms. The van der Waals surface area contributed by atoms with E-state index in [9.17, 15) is 9.59 Å². The number of carbonyl (C=O) groups is 2. The molecule has 0 saturated heterocycles. The van der Waals surface area contributed by atoms with Gasteiger partial charge in [-0.1, -0.05) is 30.3 Å². The Morgan fingerprint density at radius 2 is 2.00 bits per heavy atom. The SMILES string of the molecule is CCOC(=O)Cn1nc(C)c2c1NC(=O)C[C@@H]2c1ccc(OC)c2ccccc12. The van der Waals surface area contributed by atoms with Gasteiger partial charge in [0.2, 0.25) is 5.91 Å². The summed E-state index contributed by atoms with van der Waals surface area (Å²) in [5.74, 6) is 0.707. The van der Waals surface area contributed by atoms with Gasteiger partial charge in [0.1, 0.15) is 18.1 Å². The van der Waals surface area contributed by atoms with Crippen LogP contribution in [0.25, 0.3) is 10.8 Å². The molecule has 0 fully saturated rings. The topological polar surface area (TPSA) is 82.5 Å². The van der Waals surface area contributed by atoms with E-state index in [4.69, 9.17) is 9.47 Å². The van der Waals surface area contributed by atoms with Crippen LogP contribution in [0.3, 0.4) is 0 Å². The summed E-state index contributed by atoms with van der Waals surface area (Å²) in [5.41, 5.74) is 2.76. The third kappa shape index (κ3) is 3.33. The molecule has 150 valence electrons. The first-order chi connectivity index (χ1) is 14.0. The summed E-state index contributed by atoms with van der Waals surface area (Å²) in [5, 5.41) is 9.45. The van der Waals surface area contributed by atoms with E-state index < -0.39 is 0 Å². The van der Waals surface area contributed by atoms with Crippen molar-refractivity contribution in [1.82, 2.24) is 9.78 Å². The van der Waals surface area contributed by atoms with Gasteiger partial charge in [0, 0.05) is 23.3 Å².